The standard InChI is InChI=1S/C20H22FN3O/c1-4-14(21)8-16-12(3)23-20(25)17(16)9-18-11(2)15-6-5-13(10-22)7-19(15)24-18/h1,8-9,13,24H,5-7,10,22H2,2-3H3,(H,23,25)/b14-8+,17-9-. The Morgan fingerprint density at radius 1 is 1.48 bits per heavy atom. The molecule has 25 heavy (non-hydrogen) atoms. The molecule has 2 heterocycles. The Balaban J connectivity index is 2.02. The number of fused-ring (bicyclic) bond motifs is 1. The van der Waals surface area contributed by atoms with Crippen molar-refractivity contribution in [1.29, 1.82) is 0 Å². The number of aromatic nitrogens is 1. The van der Waals surface area contributed by atoms with Crippen molar-refractivity contribution < 1.29 is 9.18 Å². The number of hydrogen-bond acceptors (Lipinski definition) is 2. The quantitative estimate of drug-likeness (QED) is 0.585. The van der Waals surface area contributed by atoms with Gasteiger partial charge in [0.2, 0.25) is 0 Å². The van der Waals surface area contributed by atoms with Gasteiger partial charge in [0.25, 0.3) is 5.91 Å². The maximum absolute atomic E-state index is 13.5. The molecular weight excluding hydrogens is 317 g/mol. The molecule has 1 aliphatic heterocycles. The van der Waals surface area contributed by atoms with Crippen LogP contribution in [0.15, 0.2) is 28.7 Å². The first-order chi connectivity index (χ1) is 11.9. The van der Waals surface area contributed by atoms with Crippen LogP contribution in [0.4, 0.5) is 4.39 Å². The molecule has 0 saturated carbocycles. The van der Waals surface area contributed by atoms with E-state index >= 15 is 0 Å². The molecule has 3 rings (SSSR count). The van der Waals surface area contributed by atoms with Crippen molar-refractivity contribution in [3.63, 3.8) is 0 Å². The summed E-state index contributed by atoms with van der Waals surface area (Å²) in [4.78, 5) is 15.7. The van der Waals surface area contributed by atoms with Gasteiger partial charge in [0.1, 0.15) is 0 Å². The number of terminal acetylenes is 1. The lowest BCUT2D eigenvalue weighted by molar-refractivity contribution is -0.115. The molecule has 0 fully saturated rings. The summed E-state index contributed by atoms with van der Waals surface area (Å²) in [7, 11) is 0. The molecule has 4 N–H and O–H groups in total. The highest BCUT2D eigenvalue weighted by molar-refractivity contribution is 6.07. The lowest BCUT2D eigenvalue weighted by atomic mass is 9.86. The van der Waals surface area contributed by atoms with Gasteiger partial charge in [-0.15, -0.1) is 6.42 Å². The summed E-state index contributed by atoms with van der Waals surface area (Å²) < 4.78 is 13.5. The number of H-pyrrole nitrogens is 1. The zero-order valence-corrected chi connectivity index (χ0v) is 14.5. The number of amides is 1. The predicted molar refractivity (Wildman–Crippen MR) is 96.9 cm³/mol. The van der Waals surface area contributed by atoms with Crippen molar-refractivity contribution in [2.24, 2.45) is 11.7 Å². The SMILES string of the molecule is C#C/C(F)=C\C1=C(C)NC(=O)/C1=C\c1[nH]c2c(c1C)CCC(CN)C2. The van der Waals surface area contributed by atoms with E-state index in [-0.39, 0.29) is 5.91 Å². The Labute approximate surface area is 147 Å². The third kappa shape index (κ3) is 3.18. The van der Waals surface area contributed by atoms with Crippen LogP contribution in [0.2, 0.25) is 0 Å². The summed E-state index contributed by atoms with van der Waals surface area (Å²) >= 11 is 0. The van der Waals surface area contributed by atoms with Gasteiger partial charge in [0.15, 0.2) is 5.83 Å². The summed E-state index contributed by atoms with van der Waals surface area (Å²) in [5.74, 6) is 1.49. The molecule has 0 aromatic carbocycles. The fraction of sp³-hybridized carbons (Fsp3) is 0.350. The minimum absolute atomic E-state index is 0.250. The zero-order valence-electron chi connectivity index (χ0n) is 14.5. The van der Waals surface area contributed by atoms with Crippen LogP contribution in [-0.2, 0) is 17.6 Å². The number of halogens is 1. The van der Waals surface area contributed by atoms with Crippen LogP contribution >= 0.6 is 0 Å². The number of hydrogen-bond donors (Lipinski definition) is 3. The van der Waals surface area contributed by atoms with Gasteiger partial charge < -0.3 is 16.0 Å². The van der Waals surface area contributed by atoms with Crippen molar-refractivity contribution >= 4 is 12.0 Å². The largest absolute Gasteiger partial charge is 0.358 e. The maximum Gasteiger partial charge on any atom is 0.256 e. The summed E-state index contributed by atoms with van der Waals surface area (Å²) in [5, 5.41) is 2.73. The molecule has 1 amide bonds. The summed E-state index contributed by atoms with van der Waals surface area (Å²) in [5.41, 5.74) is 11.8. The molecule has 0 spiro atoms. The van der Waals surface area contributed by atoms with E-state index in [0.717, 1.165) is 30.5 Å². The fourth-order valence-electron chi connectivity index (χ4n) is 3.59. The van der Waals surface area contributed by atoms with Gasteiger partial charge in [-0.25, -0.2) is 0 Å². The molecule has 0 saturated heterocycles. The van der Waals surface area contributed by atoms with Gasteiger partial charge in [0.05, 0.1) is 5.57 Å². The average molecular weight is 339 g/mol. The molecule has 5 heteroatoms. The number of nitrogens with one attached hydrogen (secondary N) is 2. The van der Waals surface area contributed by atoms with Crippen LogP contribution in [0, 0.1) is 25.2 Å². The van der Waals surface area contributed by atoms with Gasteiger partial charge >= 0.3 is 0 Å². The number of nitrogens with two attached hydrogens (primary N) is 1. The lowest BCUT2D eigenvalue weighted by Crippen LogP contribution is -2.22. The Kier molecular flexibility index (Phi) is 4.65. The van der Waals surface area contributed by atoms with Crippen molar-refractivity contribution in [3.05, 3.63) is 51.3 Å². The van der Waals surface area contributed by atoms with E-state index < -0.39 is 5.83 Å². The third-order valence-electron chi connectivity index (χ3n) is 5.07. The molecular formula is C20H22FN3O. The number of rotatable bonds is 3. The van der Waals surface area contributed by atoms with Crippen molar-refractivity contribution in [1.82, 2.24) is 10.3 Å². The minimum Gasteiger partial charge on any atom is -0.358 e. The summed E-state index contributed by atoms with van der Waals surface area (Å²) in [6.45, 7) is 4.46. The van der Waals surface area contributed by atoms with Crippen molar-refractivity contribution in [3.8, 4) is 12.3 Å². The smallest absolute Gasteiger partial charge is 0.256 e. The average Bonchev–Trinajstić information content (AvgIpc) is 3.05. The Hall–Kier alpha value is -2.58. The van der Waals surface area contributed by atoms with E-state index in [1.807, 2.05) is 12.8 Å². The molecule has 1 aromatic rings. The molecule has 0 radical (unpaired) electrons. The second-order valence-electron chi connectivity index (χ2n) is 6.65. The van der Waals surface area contributed by atoms with Crippen LogP contribution < -0.4 is 11.1 Å². The summed E-state index contributed by atoms with van der Waals surface area (Å²) in [6.07, 6.45) is 11.1. The third-order valence-corrected chi connectivity index (χ3v) is 5.07. The van der Waals surface area contributed by atoms with Crippen LogP contribution in [0.1, 0.15) is 35.9 Å². The Morgan fingerprint density at radius 3 is 2.92 bits per heavy atom. The molecule has 1 atom stereocenters. The molecule has 0 bridgehead atoms. The zero-order chi connectivity index (χ0) is 18.1. The molecule has 1 unspecified atom stereocenters. The molecule has 1 aliphatic carbocycles. The second kappa shape index (κ2) is 6.73. The minimum atomic E-state index is -0.704. The number of allylic oxidation sites excluding steroid dienone is 3. The highest BCUT2D eigenvalue weighted by atomic mass is 19.1. The van der Waals surface area contributed by atoms with Gasteiger partial charge in [-0.3, -0.25) is 4.79 Å². The molecule has 4 nitrogen and oxygen atoms in total. The first kappa shape index (κ1) is 17.2. The number of carbonyl (C=O) groups is 1. The molecule has 1 aromatic heterocycles. The van der Waals surface area contributed by atoms with E-state index in [0.29, 0.717) is 29.3 Å². The van der Waals surface area contributed by atoms with E-state index in [9.17, 15) is 9.18 Å². The van der Waals surface area contributed by atoms with Crippen molar-refractivity contribution in [2.45, 2.75) is 33.1 Å². The normalized spacial score (nSPS) is 22.2. The Morgan fingerprint density at radius 2 is 2.24 bits per heavy atom. The first-order valence-corrected chi connectivity index (χ1v) is 8.43. The van der Waals surface area contributed by atoms with Crippen LogP contribution in [0.5, 0.6) is 0 Å². The van der Waals surface area contributed by atoms with Gasteiger partial charge in [-0.1, -0.05) is 0 Å². The number of carbonyl (C=O) groups excluding carboxylic acids is 1. The Bertz CT molecular complexity index is 864. The van der Waals surface area contributed by atoms with Crippen LogP contribution in [-0.4, -0.2) is 17.4 Å². The molecule has 130 valence electrons. The number of aromatic amines is 1. The van der Waals surface area contributed by atoms with E-state index in [4.69, 9.17) is 12.2 Å². The highest BCUT2D eigenvalue weighted by Gasteiger charge is 2.26. The first-order valence-electron chi connectivity index (χ1n) is 8.43. The molecule has 2 aliphatic rings. The van der Waals surface area contributed by atoms with Gasteiger partial charge in [0, 0.05) is 22.7 Å². The van der Waals surface area contributed by atoms with Gasteiger partial charge in [-0.2, -0.15) is 4.39 Å². The van der Waals surface area contributed by atoms with E-state index in [1.165, 1.54) is 17.3 Å². The van der Waals surface area contributed by atoms with Crippen molar-refractivity contribution in [2.75, 3.05) is 6.54 Å². The lowest BCUT2D eigenvalue weighted by Gasteiger charge is -2.20. The summed E-state index contributed by atoms with van der Waals surface area (Å²) in [6, 6.07) is 0. The highest BCUT2D eigenvalue weighted by Crippen LogP contribution is 2.32. The van der Waals surface area contributed by atoms with Crippen LogP contribution in [0.3, 0.4) is 0 Å². The van der Waals surface area contributed by atoms with Gasteiger partial charge in [-0.05, 0) is 74.8 Å². The second-order valence-corrected chi connectivity index (χ2v) is 6.65. The van der Waals surface area contributed by atoms with E-state index in [2.05, 4.69) is 10.3 Å². The monoisotopic (exact) mass is 339 g/mol. The van der Waals surface area contributed by atoms with Crippen LogP contribution in [0.25, 0.3) is 6.08 Å². The maximum atomic E-state index is 13.5. The topological polar surface area (TPSA) is 70.9 Å². The fourth-order valence-corrected chi connectivity index (χ4v) is 3.59. The van der Waals surface area contributed by atoms with E-state index in [1.54, 1.807) is 13.0 Å². The predicted octanol–water partition coefficient (Wildman–Crippen LogP) is 2.66.